The Bertz CT molecular complexity index is 224. The summed E-state index contributed by atoms with van der Waals surface area (Å²) in [5, 5.41) is 0. The Hall–Kier alpha value is -0.870. The van der Waals surface area contributed by atoms with Gasteiger partial charge in [0, 0.05) is 5.57 Å². The second-order valence-corrected chi connectivity index (χ2v) is 3.79. The van der Waals surface area contributed by atoms with Gasteiger partial charge in [-0.3, -0.25) is 4.90 Å². The van der Waals surface area contributed by atoms with Crippen molar-refractivity contribution in [3.63, 3.8) is 0 Å². The van der Waals surface area contributed by atoms with Gasteiger partial charge in [-0.1, -0.05) is 20.4 Å². The largest absolute Gasteiger partial charge is 0.460 e. The predicted octanol–water partition coefficient (Wildman–Crippen LogP) is 1.81. The highest BCUT2D eigenvalue weighted by atomic mass is 16.6. The van der Waals surface area contributed by atoms with E-state index in [1.165, 1.54) is 0 Å². The maximum absolute atomic E-state index is 11.1. The van der Waals surface area contributed by atoms with E-state index in [1.54, 1.807) is 6.92 Å². The predicted molar refractivity (Wildman–Crippen MR) is 64.1 cm³/mol. The SMILES string of the molecule is C=C(C)C(=O)OCC(C)OCN(CC)CC. The van der Waals surface area contributed by atoms with Crippen LogP contribution in [-0.2, 0) is 14.3 Å². The van der Waals surface area contributed by atoms with Crippen LogP contribution in [0.2, 0.25) is 0 Å². The zero-order valence-electron chi connectivity index (χ0n) is 10.8. The molecule has 0 aromatic rings. The summed E-state index contributed by atoms with van der Waals surface area (Å²) >= 11 is 0. The lowest BCUT2D eigenvalue weighted by Crippen LogP contribution is -2.30. The zero-order chi connectivity index (χ0) is 12.6. The van der Waals surface area contributed by atoms with Crippen LogP contribution in [0.15, 0.2) is 12.2 Å². The summed E-state index contributed by atoms with van der Waals surface area (Å²) < 4.78 is 10.5. The number of hydrogen-bond acceptors (Lipinski definition) is 4. The first kappa shape index (κ1) is 15.1. The fourth-order valence-corrected chi connectivity index (χ4v) is 1.00. The Kier molecular flexibility index (Phi) is 7.85. The summed E-state index contributed by atoms with van der Waals surface area (Å²) in [6, 6.07) is 0. The average Bonchev–Trinajstić information content (AvgIpc) is 2.27. The second kappa shape index (κ2) is 8.30. The van der Waals surface area contributed by atoms with Gasteiger partial charge < -0.3 is 9.47 Å². The number of rotatable bonds is 8. The van der Waals surface area contributed by atoms with Crippen LogP contribution in [0.4, 0.5) is 0 Å². The Morgan fingerprint density at radius 1 is 1.38 bits per heavy atom. The van der Waals surface area contributed by atoms with E-state index in [2.05, 4.69) is 25.3 Å². The van der Waals surface area contributed by atoms with Gasteiger partial charge in [-0.15, -0.1) is 0 Å². The van der Waals surface area contributed by atoms with Crippen molar-refractivity contribution >= 4 is 5.97 Å². The van der Waals surface area contributed by atoms with Crippen molar-refractivity contribution in [3.8, 4) is 0 Å². The molecule has 0 rings (SSSR count). The van der Waals surface area contributed by atoms with E-state index in [1.807, 2.05) is 6.92 Å². The van der Waals surface area contributed by atoms with E-state index in [0.717, 1.165) is 13.1 Å². The van der Waals surface area contributed by atoms with Crippen molar-refractivity contribution < 1.29 is 14.3 Å². The Labute approximate surface area is 98.2 Å². The maximum Gasteiger partial charge on any atom is 0.333 e. The first-order valence-corrected chi connectivity index (χ1v) is 5.67. The highest BCUT2D eigenvalue weighted by Gasteiger charge is 2.09. The van der Waals surface area contributed by atoms with E-state index in [-0.39, 0.29) is 18.7 Å². The monoisotopic (exact) mass is 229 g/mol. The highest BCUT2D eigenvalue weighted by molar-refractivity contribution is 5.86. The molecule has 1 unspecified atom stereocenters. The minimum Gasteiger partial charge on any atom is -0.460 e. The first-order chi connectivity index (χ1) is 7.51. The number of esters is 1. The molecule has 0 aromatic heterocycles. The van der Waals surface area contributed by atoms with E-state index < -0.39 is 0 Å². The summed E-state index contributed by atoms with van der Waals surface area (Å²) in [7, 11) is 0. The summed E-state index contributed by atoms with van der Waals surface area (Å²) in [6.45, 7) is 13.9. The number of carbonyl (C=O) groups excluding carboxylic acids is 1. The van der Waals surface area contributed by atoms with Gasteiger partial charge in [0.25, 0.3) is 0 Å². The third-order valence-electron chi connectivity index (χ3n) is 2.23. The molecule has 4 heteroatoms. The molecule has 0 saturated carbocycles. The van der Waals surface area contributed by atoms with Crippen LogP contribution in [0.5, 0.6) is 0 Å². The van der Waals surface area contributed by atoms with Gasteiger partial charge >= 0.3 is 5.97 Å². The van der Waals surface area contributed by atoms with Gasteiger partial charge in [0.15, 0.2) is 0 Å². The van der Waals surface area contributed by atoms with Crippen molar-refractivity contribution in [2.45, 2.75) is 33.8 Å². The Balaban J connectivity index is 3.70. The molecule has 0 aliphatic carbocycles. The summed E-state index contributed by atoms with van der Waals surface area (Å²) in [5.74, 6) is -0.363. The van der Waals surface area contributed by atoms with Gasteiger partial charge in [-0.2, -0.15) is 0 Å². The third kappa shape index (κ3) is 6.58. The zero-order valence-corrected chi connectivity index (χ0v) is 10.8. The van der Waals surface area contributed by atoms with Crippen molar-refractivity contribution in [2.75, 3.05) is 26.4 Å². The Morgan fingerprint density at radius 3 is 2.38 bits per heavy atom. The van der Waals surface area contributed by atoms with Crippen molar-refractivity contribution in [1.82, 2.24) is 4.90 Å². The molecule has 0 aliphatic heterocycles. The maximum atomic E-state index is 11.1. The molecule has 0 aromatic carbocycles. The fourth-order valence-electron chi connectivity index (χ4n) is 1.00. The molecule has 0 amide bonds. The molecule has 4 nitrogen and oxygen atoms in total. The molecule has 0 radical (unpaired) electrons. The molecule has 0 spiro atoms. The number of ether oxygens (including phenoxy) is 2. The van der Waals surface area contributed by atoms with Crippen molar-refractivity contribution in [3.05, 3.63) is 12.2 Å². The van der Waals surface area contributed by atoms with Gasteiger partial charge in [0.2, 0.25) is 0 Å². The number of carbonyl (C=O) groups is 1. The minimum atomic E-state index is -0.363. The summed E-state index contributed by atoms with van der Waals surface area (Å²) in [6.07, 6.45) is -0.0936. The molecule has 0 bridgehead atoms. The number of hydrogen-bond donors (Lipinski definition) is 0. The molecule has 0 aliphatic rings. The molecule has 0 saturated heterocycles. The molecule has 0 heterocycles. The normalized spacial score (nSPS) is 12.6. The molecular formula is C12H23NO3. The fraction of sp³-hybridized carbons (Fsp3) is 0.750. The molecule has 16 heavy (non-hydrogen) atoms. The standard InChI is InChI=1S/C12H23NO3/c1-6-13(7-2)9-16-11(5)8-15-12(14)10(3)4/h11H,3,6-9H2,1-2,4-5H3. The lowest BCUT2D eigenvalue weighted by Gasteiger charge is -2.21. The van der Waals surface area contributed by atoms with E-state index >= 15 is 0 Å². The molecular weight excluding hydrogens is 206 g/mol. The quantitative estimate of drug-likeness (QED) is 0.361. The van der Waals surface area contributed by atoms with Crippen molar-refractivity contribution in [1.29, 1.82) is 0 Å². The lowest BCUT2D eigenvalue weighted by atomic mass is 10.3. The second-order valence-electron chi connectivity index (χ2n) is 3.79. The lowest BCUT2D eigenvalue weighted by molar-refractivity contribution is -0.144. The van der Waals surface area contributed by atoms with E-state index in [4.69, 9.17) is 9.47 Å². The topological polar surface area (TPSA) is 38.8 Å². The van der Waals surface area contributed by atoms with Crippen LogP contribution in [0, 0.1) is 0 Å². The van der Waals surface area contributed by atoms with Crippen LogP contribution < -0.4 is 0 Å². The Morgan fingerprint density at radius 2 is 1.94 bits per heavy atom. The van der Waals surface area contributed by atoms with Crippen molar-refractivity contribution in [2.24, 2.45) is 0 Å². The molecule has 0 fully saturated rings. The minimum absolute atomic E-state index is 0.0936. The first-order valence-electron chi connectivity index (χ1n) is 5.67. The van der Waals surface area contributed by atoms with E-state index in [9.17, 15) is 4.79 Å². The third-order valence-corrected chi connectivity index (χ3v) is 2.23. The van der Waals surface area contributed by atoms with Gasteiger partial charge in [-0.05, 0) is 26.9 Å². The van der Waals surface area contributed by atoms with Crippen LogP contribution in [0.1, 0.15) is 27.7 Å². The van der Waals surface area contributed by atoms with Gasteiger partial charge in [0.05, 0.1) is 12.8 Å². The molecule has 0 N–H and O–H groups in total. The summed E-state index contributed by atoms with van der Waals surface area (Å²) in [5.41, 5.74) is 0.413. The molecule has 94 valence electrons. The summed E-state index contributed by atoms with van der Waals surface area (Å²) in [4.78, 5) is 13.3. The van der Waals surface area contributed by atoms with Crippen LogP contribution in [-0.4, -0.2) is 43.4 Å². The van der Waals surface area contributed by atoms with E-state index in [0.29, 0.717) is 12.3 Å². The smallest absolute Gasteiger partial charge is 0.333 e. The van der Waals surface area contributed by atoms with Crippen LogP contribution in [0.25, 0.3) is 0 Å². The van der Waals surface area contributed by atoms with Gasteiger partial charge in [0.1, 0.15) is 6.61 Å². The van der Waals surface area contributed by atoms with Crippen LogP contribution in [0.3, 0.4) is 0 Å². The van der Waals surface area contributed by atoms with Crippen LogP contribution >= 0.6 is 0 Å². The highest BCUT2D eigenvalue weighted by Crippen LogP contribution is 1.98. The molecule has 1 atom stereocenters. The van der Waals surface area contributed by atoms with Gasteiger partial charge in [-0.25, -0.2) is 4.79 Å². The number of nitrogens with zero attached hydrogens (tertiary/aromatic N) is 1. The average molecular weight is 229 g/mol.